The van der Waals surface area contributed by atoms with Gasteiger partial charge in [0, 0.05) is 21.2 Å². The van der Waals surface area contributed by atoms with Crippen LogP contribution < -0.4 is 10.1 Å². The predicted octanol–water partition coefficient (Wildman–Crippen LogP) is 6.59. The second-order valence-corrected chi connectivity index (χ2v) is 12.7. The Balaban J connectivity index is 1.15. The third-order valence-electron chi connectivity index (χ3n) is 8.26. The number of rotatable bonds is 6. The number of halogens is 1. The number of methoxy groups -OCH3 is 1. The molecule has 2 aromatic carbocycles. The summed E-state index contributed by atoms with van der Waals surface area (Å²) < 4.78 is 17.3. The second-order valence-electron chi connectivity index (χ2n) is 11.1. The first-order valence-electron chi connectivity index (χ1n) is 12.4. The number of ether oxygens (including phenoxy) is 2. The van der Waals surface area contributed by atoms with Crippen molar-refractivity contribution in [1.82, 2.24) is 0 Å². The van der Waals surface area contributed by atoms with Crippen LogP contribution in [0.15, 0.2) is 40.8 Å². The Morgan fingerprint density at radius 1 is 1.11 bits per heavy atom. The van der Waals surface area contributed by atoms with Crippen LogP contribution in [0.2, 0.25) is 0 Å². The molecule has 3 aromatic rings. The van der Waals surface area contributed by atoms with Crippen molar-refractivity contribution in [2.45, 2.75) is 62.3 Å². The molecule has 4 fully saturated rings. The summed E-state index contributed by atoms with van der Waals surface area (Å²) in [6, 6.07) is 11.4. The maximum atomic E-state index is 13.0. The number of furan rings is 1. The maximum absolute atomic E-state index is 13.0. The van der Waals surface area contributed by atoms with Crippen molar-refractivity contribution >= 4 is 55.4 Å². The molecule has 7 heteroatoms. The predicted molar refractivity (Wildman–Crippen MR) is 138 cm³/mol. The van der Waals surface area contributed by atoms with Gasteiger partial charge in [0.1, 0.15) is 16.9 Å². The summed E-state index contributed by atoms with van der Waals surface area (Å²) in [5, 5.41) is 4.75. The van der Waals surface area contributed by atoms with Crippen molar-refractivity contribution in [2.75, 3.05) is 12.4 Å². The molecular formula is C28H30BrNO5. The zero-order valence-electron chi connectivity index (χ0n) is 20.1. The fourth-order valence-electron chi connectivity index (χ4n) is 7.39. The van der Waals surface area contributed by atoms with Crippen LogP contribution in [-0.4, -0.2) is 29.4 Å². The molecule has 1 N–H and O–H groups in total. The van der Waals surface area contributed by atoms with Crippen molar-refractivity contribution < 1.29 is 23.5 Å². The molecule has 3 atom stereocenters. The van der Waals surface area contributed by atoms with E-state index >= 15 is 0 Å². The number of esters is 1. The van der Waals surface area contributed by atoms with E-state index in [1.165, 1.54) is 19.3 Å². The van der Waals surface area contributed by atoms with Gasteiger partial charge >= 0.3 is 5.97 Å². The first-order valence-corrected chi connectivity index (χ1v) is 13.2. The Bertz CT molecular complexity index is 1320. The number of alkyl halides is 1. The zero-order valence-corrected chi connectivity index (χ0v) is 21.7. The third kappa shape index (κ3) is 4.11. The number of carbonyl (C=O) groups is 2. The molecule has 7 rings (SSSR count). The summed E-state index contributed by atoms with van der Waals surface area (Å²) in [5.41, 5.74) is 1.91. The lowest BCUT2D eigenvalue weighted by Gasteiger charge is -2.60. The van der Waals surface area contributed by atoms with Gasteiger partial charge in [0.15, 0.2) is 6.10 Å². The molecule has 1 amide bonds. The lowest BCUT2D eigenvalue weighted by Crippen LogP contribution is -2.53. The van der Waals surface area contributed by atoms with Crippen LogP contribution in [0.25, 0.3) is 21.9 Å². The minimum absolute atomic E-state index is 0.0103. The molecule has 0 aliphatic heterocycles. The smallest absolute Gasteiger partial charge is 0.307 e. The van der Waals surface area contributed by atoms with Gasteiger partial charge < -0.3 is 19.2 Å². The Labute approximate surface area is 212 Å². The van der Waals surface area contributed by atoms with Crippen molar-refractivity contribution in [3.05, 3.63) is 36.4 Å². The summed E-state index contributed by atoms with van der Waals surface area (Å²) in [6.07, 6.45) is 6.43. The maximum Gasteiger partial charge on any atom is 0.307 e. The van der Waals surface area contributed by atoms with E-state index in [0.29, 0.717) is 35.3 Å². The molecule has 0 spiro atoms. The number of hydrogen-bond donors (Lipinski definition) is 1. The lowest BCUT2D eigenvalue weighted by molar-refractivity contribution is -0.159. The molecule has 4 aliphatic carbocycles. The number of anilines is 1. The van der Waals surface area contributed by atoms with Crippen LogP contribution in [0.4, 0.5) is 5.69 Å². The Morgan fingerprint density at radius 3 is 2.57 bits per heavy atom. The van der Waals surface area contributed by atoms with Gasteiger partial charge in [0.2, 0.25) is 0 Å². The SMILES string of the molecule is COc1cc2c(cc1NC(=O)C(C)OC(=O)CC13CC4CC(CC(Br)(C4)C1)C3)oc1ccccc12. The molecule has 1 heterocycles. The molecule has 4 bridgehead atoms. The topological polar surface area (TPSA) is 77.8 Å². The molecule has 3 unspecified atom stereocenters. The third-order valence-corrected chi connectivity index (χ3v) is 9.19. The van der Waals surface area contributed by atoms with Gasteiger partial charge in [-0.2, -0.15) is 0 Å². The van der Waals surface area contributed by atoms with Crippen molar-refractivity contribution in [1.29, 1.82) is 0 Å². The van der Waals surface area contributed by atoms with Crippen LogP contribution >= 0.6 is 15.9 Å². The van der Waals surface area contributed by atoms with E-state index in [-0.39, 0.29) is 15.7 Å². The number of para-hydroxylation sites is 1. The van der Waals surface area contributed by atoms with Gasteiger partial charge in [-0.25, -0.2) is 0 Å². The average molecular weight is 540 g/mol. The first kappa shape index (κ1) is 22.9. The van der Waals surface area contributed by atoms with Crippen molar-refractivity contribution in [3.8, 4) is 5.75 Å². The molecular weight excluding hydrogens is 510 g/mol. The van der Waals surface area contributed by atoms with Crippen LogP contribution in [0, 0.1) is 17.3 Å². The van der Waals surface area contributed by atoms with E-state index in [0.717, 1.165) is 35.6 Å². The highest BCUT2D eigenvalue weighted by molar-refractivity contribution is 9.10. The van der Waals surface area contributed by atoms with Gasteiger partial charge in [0.05, 0.1) is 19.2 Å². The molecule has 1 aromatic heterocycles. The fraction of sp³-hybridized carbons (Fsp3) is 0.500. The minimum Gasteiger partial charge on any atom is -0.495 e. The highest BCUT2D eigenvalue weighted by Crippen LogP contribution is 2.65. The number of carbonyl (C=O) groups excluding carboxylic acids is 2. The summed E-state index contributed by atoms with van der Waals surface area (Å²) in [6.45, 7) is 1.62. The van der Waals surface area contributed by atoms with E-state index in [2.05, 4.69) is 21.2 Å². The van der Waals surface area contributed by atoms with Gasteiger partial charge in [-0.1, -0.05) is 34.1 Å². The number of fused-ring (bicyclic) bond motifs is 3. The highest BCUT2D eigenvalue weighted by atomic mass is 79.9. The number of benzene rings is 2. The molecule has 4 aliphatic rings. The Hall–Kier alpha value is -2.54. The minimum atomic E-state index is -0.912. The lowest BCUT2D eigenvalue weighted by atomic mass is 9.49. The Kier molecular flexibility index (Phi) is 5.40. The molecule has 0 radical (unpaired) electrons. The van der Waals surface area contributed by atoms with Crippen LogP contribution in [0.5, 0.6) is 5.75 Å². The van der Waals surface area contributed by atoms with E-state index < -0.39 is 12.0 Å². The summed E-state index contributed by atoms with van der Waals surface area (Å²) in [7, 11) is 1.56. The van der Waals surface area contributed by atoms with Crippen molar-refractivity contribution in [3.63, 3.8) is 0 Å². The Morgan fingerprint density at radius 2 is 1.86 bits per heavy atom. The average Bonchev–Trinajstić information content (AvgIpc) is 3.13. The standard InChI is InChI=1S/C28H30BrNO5/c1-16(34-25(31)14-27-10-17-7-18(11-27)13-28(29,12-17)15-27)26(32)30-21-9-23-20(8-24(21)33-2)19-5-3-4-6-22(19)35-23/h3-6,8-9,16-18H,7,10-15H2,1-2H3,(H,30,32). The monoisotopic (exact) mass is 539 g/mol. The van der Waals surface area contributed by atoms with Crippen LogP contribution in [-0.2, 0) is 14.3 Å². The second kappa shape index (κ2) is 8.26. The van der Waals surface area contributed by atoms with Gasteiger partial charge in [0.25, 0.3) is 5.91 Å². The zero-order chi connectivity index (χ0) is 24.4. The van der Waals surface area contributed by atoms with Gasteiger partial charge in [-0.05, 0) is 74.8 Å². The molecule has 4 saturated carbocycles. The van der Waals surface area contributed by atoms with Gasteiger partial charge in [-0.3, -0.25) is 9.59 Å². The number of nitrogens with one attached hydrogen (secondary N) is 1. The molecule has 184 valence electrons. The molecule has 0 saturated heterocycles. The number of amides is 1. The van der Waals surface area contributed by atoms with Crippen LogP contribution in [0.1, 0.15) is 51.9 Å². The largest absolute Gasteiger partial charge is 0.495 e. The van der Waals surface area contributed by atoms with E-state index in [1.54, 1.807) is 20.1 Å². The molecule has 35 heavy (non-hydrogen) atoms. The van der Waals surface area contributed by atoms with Crippen molar-refractivity contribution in [2.24, 2.45) is 17.3 Å². The summed E-state index contributed by atoms with van der Waals surface area (Å²) in [4.78, 5) is 25.9. The van der Waals surface area contributed by atoms with Crippen LogP contribution in [0.3, 0.4) is 0 Å². The quantitative estimate of drug-likeness (QED) is 0.282. The first-order chi connectivity index (χ1) is 16.7. The highest BCUT2D eigenvalue weighted by Gasteiger charge is 2.57. The van der Waals surface area contributed by atoms with E-state index in [9.17, 15) is 9.59 Å². The normalized spacial score (nSPS) is 29.9. The summed E-state index contributed by atoms with van der Waals surface area (Å²) >= 11 is 4.00. The molecule has 6 nitrogen and oxygen atoms in total. The summed E-state index contributed by atoms with van der Waals surface area (Å²) in [5.74, 6) is 1.24. The number of hydrogen-bond acceptors (Lipinski definition) is 5. The fourth-order valence-corrected chi connectivity index (χ4v) is 8.90. The van der Waals surface area contributed by atoms with E-state index in [4.69, 9.17) is 13.9 Å². The van der Waals surface area contributed by atoms with Gasteiger partial charge in [-0.15, -0.1) is 0 Å². The van der Waals surface area contributed by atoms with E-state index in [1.807, 2.05) is 30.3 Å².